The number of halogens is 1. The van der Waals surface area contributed by atoms with Gasteiger partial charge in [0.05, 0.1) is 6.54 Å². The highest BCUT2D eigenvalue weighted by Crippen LogP contribution is 2.14. The van der Waals surface area contributed by atoms with Gasteiger partial charge in [-0.3, -0.25) is 4.79 Å². The first-order valence-electron chi connectivity index (χ1n) is 11.6. The average molecular weight is 462 g/mol. The number of benzene rings is 1. The number of hydrogen-bond donors (Lipinski definition) is 1. The summed E-state index contributed by atoms with van der Waals surface area (Å²) >= 11 is 0. The van der Waals surface area contributed by atoms with Crippen molar-refractivity contribution < 1.29 is 23.1 Å². The van der Waals surface area contributed by atoms with Gasteiger partial charge in [0.2, 0.25) is 5.91 Å². The third-order valence-corrected chi connectivity index (χ3v) is 5.12. The number of furan rings is 1. The summed E-state index contributed by atoms with van der Waals surface area (Å²) in [5.41, 5.74) is 0.795. The molecule has 0 unspecified atom stereocenters. The fraction of sp³-hybridized carbons (Fsp3) is 0.520. The number of carbonyl (C=O) groups excluding carboxylic acids is 2. The molecule has 8 heteroatoms. The molecule has 1 N–H and O–H groups in total. The Morgan fingerprint density at radius 1 is 1.03 bits per heavy atom. The summed E-state index contributed by atoms with van der Waals surface area (Å²) in [6.07, 6.45) is 2.48. The molecule has 1 heterocycles. The van der Waals surface area contributed by atoms with Crippen LogP contribution in [0.4, 0.5) is 9.18 Å². The van der Waals surface area contributed by atoms with Crippen molar-refractivity contribution in [2.75, 3.05) is 32.8 Å². The van der Waals surface area contributed by atoms with Crippen LogP contribution in [0, 0.1) is 12.7 Å². The molecule has 0 aliphatic rings. The highest BCUT2D eigenvalue weighted by molar-refractivity contribution is 5.84. The molecular weight excluding hydrogens is 425 g/mol. The maximum absolute atomic E-state index is 13.3. The van der Waals surface area contributed by atoms with Gasteiger partial charge in [-0.25, -0.2) is 9.18 Å². The second-order valence-corrected chi connectivity index (χ2v) is 7.95. The van der Waals surface area contributed by atoms with E-state index < -0.39 is 0 Å². The summed E-state index contributed by atoms with van der Waals surface area (Å²) in [6, 6.07) is 9.46. The number of hydrogen-bond acceptors (Lipinski definition) is 4. The van der Waals surface area contributed by atoms with Crippen LogP contribution in [0.5, 0.6) is 0 Å². The Labute approximate surface area is 195 Å². The molecule has 0 saturated heterocycles. The van der Waals surface area contributed by atoms with Crippen molar-refractivity contribution in [1.82, 2.24) is 15.1 Å². The van der Waals surface area contributed by atoms with Crippen molar-refractivity contribution in [2.45, 2.75) is 53.1 Å². The Kier molecular flexibility index (Phi) is 11.4. The fourth-order valence-corrected chi connectivity index (χ4v) is 3.30. The summed E-state index contributed by atoms with van der Waals surface area (Å²) < 4.78 is 24.4. The minimum absolute atomic E-state index is 0.0645. The zero-order chi connectivity index (χ0) is 24.1. The lowest BCUT2D eigenvalue weighted by Crippen LogP contribution is -2.47. The highest BCUT2D eigenvalue weighted by Gasteiger charge is 2.22. The molecule has 0 atom stereocenters. The van der Waals surface area contributed by atoms with E-state index in [-0.39, 0.29) is 37.4 Å². The van der Waals surface area contributed by atoms with E-state index in [2.05, 4.69) is 12.2 Å². The smallest absolute Gasteiger partial charge is 0.317 e. The largest absolute Gasteiger partial charge is 0.464 e. The maximum Gasteiger partial charge on any atom is 0.317 e. The second-order valence-electron chi connectivity index (χ2n) is 7.95. The molecule has 0 aliphatic carbocycles. The lowest BCUT2D eigenvalue weighted by molar-refractivity contribution is -0.133. The van der Waals surface area contributed by atoms with Gasteiger partial charge in [-0.2, -0.15) is 0 Å². The van der Waals surface area contributed by atoms with Gasteiger partial charge in [-0.1, -0.05) is 25.5 Å². The number of ether oxygens (including phenoxy) is 1. The third-order valence-electron chi connectivity index (χ3n) is 5.12. The Bertz CT molecular complexity index is 854. The van der Waals surface area contributed by atoms with Crippen molar-refractivity contribution in [1.29, 1.82) is 0 Å². The monoisotopic (exact) mass is 461 g/mol. The Balaban J connectivity index is 2.12. The lowest BCUT2D eigenvalue weighted by Gasteiger charge is -2.27. The zero-order valence-corrected chi connectivity index (χ0v) is 19.9. The molecule has 0 aliphatic heterocycles. The third kappa shape index (κ3) is 9.65. The van der Waals surface area contributed by atoms with E-state index in [1.54, 1.807) is 17.0 Å². The molecule has 1 aromatic heterocycles. The van der Waals surface area contributed by atoms with Crippen molar-refractivity contribution in [3.8, 4) is 0 Å². The van der Waals surface area contributed by atoms with Gasteiger partial charge in [0.1, 0.15) is 23.9 Å². The van der Waals surface area contributed by atoms with E-state index in [0.29, 0.717) is 38.5 Å². The van der Waals surface area contributed by atoms with E-state index in [1.807, 2.05) is 26.0 Å². The molecule has 0 spiro atoms. The van der Waals surface area contributed by atoms with Crippen LogP contribution in [0.25, 0.3) is 0 Å². The lowest BCUT2D eigenvalue weighted by atomic mass is 10.2. The summed E-state index contributed by atoms with van der Waals surface area (Å²) in [4.78, 5) is 29.2. The summed E-state index contributed by atoms with van der Waals surface area (Å²) in [7, 11) is 0. The van der Waals surface area contributed by atoms with Gasteiger partial charge in [0, 0.05) is 32.8 Å². The number of rotatable bonds is 14. The first-order valence-corrected chi connectivity index (χ1v) is 11.6. The summed E-state index contributed by atoms with van der Waals surface area (Å²) in [6.45, 7) is 8.40. The van der Waals surface area contributed by atoms with Crippen LogP contribution in [0.2, 0.25) is 0 Å². The highest BCUT2D eigenvalue weighted by atomic mass is 19.1. The molecule has 3 amide bonds. The Hall–Kier alpha value is -2.87. The van der Waals surface area contributed by atoms with Gasteiger partial charge in [0.15, 0.2) is 0 Å². The van der Waals surface area contributed by atoms with E-state index in [1.165, 1.54) is 17.0 Å². The van der Waals surface area contributed by atoms with Crippen molar-refractivity contribution >= 4 is 11.9 Å². The SMILES string of the molecule is CCCCNC(=O)N(CCCOCC)CC(=O)N(Cc1ccc(F)cc1)Cc1ccc(C)o1. The normalized spacial score (nSPS) is 10.8. The molecule has 0 fully saturated rings. The predicted octanol–water partition coefficient (Wildman–Crippen LogP) is 4.49. The van der Waals surface area contributed by atoms with E-state index in [0.717, 1.165) is 24.2 Å². The van der Waals surface area contributed by atoms with Crippen LogP contribution in [0.3, 0.4) is 0 Å². The van der Waals surface area contributed by atoms with Crippen molar-refractivity contribution in [3.63, 3.8) is 0 Å². The molecule has 2 rings (SSSR count). The quantitative estimate of drug-likeness (QED) is 0.421. The number of unbranched alkanes of at least 4 members (excludes halogenated alkanes) is 1. The molecule has 33 heavy (non-hydrogen) atoms. The number of carbonyl (C=O) groups is 2. The first kappa shape index (κ1) is 26.4. The van der Waals surface area contributed by atoms with Crippen LogP contribution in [0.1, 0.15) is 50.2 Å². The summed E-state index contributed by atoms with van der Waals surface area (Å²) in [5, 5.41) is 2.89. The molecule has 2 aromatic rings. The van der Waals surface area contributed by atoms with Gasteiger partial charge in [-0.15, -0.1) is 0 Å². The van der Waals surface area contributed by atoms with Crippen LogP contribution in [-0.2, 0) is 22.6 Å². The molecule has 0 radical (unpaired) electrons. The topological polar surface area (TPSA) is 75.0 Å². The molecule has 7 nitrogen and oxygen atoms in total. The van der Waals surface area contributed by atoms with Crippen LogP contribution in [-0.4, -0.2) is 54.6 Å². The van der Waals surface area contributed by atoms with Crippen LogP contribution >= 0.6 is 0 Å². The van der Waals surface area contributed by atoms with Gasteiger partial charge in [-0.05, 0) is 56.5 Å². The second kappa shape index (κ2) is 14.3. The van der Waals surface area contributed by atoms with E-state index in [9.17, 15) is 14.0 Å². The van der Waals surface area contributed by atoms with Crippen molar-refractivity contribution in [3.05, 3.63) is 59.3 Å². The number of nitrogens with one attached hydrogen (secondary N) is 1. The zero-order valence-electron chi connectivity index (χ0n) is 19.9. The van der Waals surface area contributed by atoms with Gasteiger partial charge in [0.25, 0.3) is 0 Å². The molecule has 0 saturated carbocycles. The molecule has 0 bridgehead atoms. The fourth-order valence-electron chi connectivity index (χ4n) is 3.30. The Morgan fingerprint density at radius 3 is 2.42 bits per heavy atom. The number of urea groups is 1. The predicted molar refractivity (Wildman–Crippen MR) is 125 cm³/mol. The number of amides is 3. The van der Waals surface area contributed by atoms with Crippen LogP contribution in [0.15, 0.2) is 40.8 Å². The molecular formula is C25H36FN3O4. The number of aryl methyl sites for hydroxylation is 1. The molecule has 182 valence electrons. The van der Waals surface area contributed by atoms with Crippen molar-refractivity contribution in [2.24, 2.45) is 0 Å². The van der Waals surface area contributed by atoms with E-state index in [4.69, 9.17) is 9.15 Å². The van der Waals surface area contributed by atoms with Gasteiger partial charge < -0.3 is 24.3 Å². The molecule has 1 aromatic carbocycles. The standard InChI is InChI=1S/C25H36FN3O4/c1-4-6-14-27-25(31)28(15-7-16-32-5-2)19-24(30)29(18-23-13-8-20(3)33-23)17-21-9-11-22(26)12-10-21/h8-13H,4-7,14-19H2,1-3H3,(H,27,31). The first-order chi connectivity index (χ1) is 15.9. The minimum Gasteiger partial charge on any atom is -0.464 e. The van der Waals surface area contributed by atoms with Crippen LogP contribution < -0.4 is 5.32 Å². The average Bonchev–Trinajstić information content (AvgIpc) is 3.21. The van der Waals surface area contributed by atoms with E-state index >= 15 is 0 Å². The number of nitrogens with zero attached hydrogens (tertiary/aromatic N) is 2. The minimum atomic E-state index is -0.331. The van der Waals surface area contributed by atoms with Gasteiger partial charge >= 0.3 is 6.03 Å². The maximum atomic E-state index is 13.3. The summed E-state index contributed by atoms with van der Waals surface area (Å²) in [5.74, 6) is 0.864. The Morgan fingerprint density at radius 2 is 1.79 bits per heavy atom.